The number of ether oxygens (including phenoxy) is 1. The van der Waals surface area contributed by atoms with Gasteiger partial charge in [0.2, 0.25) is 0 Å². The van der Waals surface area contributed by atoms with Crippen molar-refractivity contribution in [1.29, 1.82) is 0 Å². The van der Waals surface area contributed by atoms with E-state index in [-0.39, 0.29) is 5.82 Å². The molecular formula is C20H18ClFN2O. The standard InChI is InChI=1S/C20H18ClFN2O/c1-13-10-15(12-23-17-6-9-20(25-3)19(21)11-17)14(2)24(13)18-7-4-16(22)5-8-18/h4-12H,1-3H3. The molecule has 5 heteroatoms. The first-order chi connectivity index (χ1) is 12.0. The van der Waals surface area contributed by atoms with Gasteiger partial charge in [-0.1, -0.05) is 11.6 Å². The number of aliphatic imine (C=N–C) groups is 1. The summed E-state index contributed by atoms with van der Waals surface area (Å²) in [5, 5.41) is 0.522. The summed E-state index contributed by atoms with van der Waals surface area (Å²) in [5.74, 6) is 0.375. The number of rotatable bonds is 4. The normalized spacial score (nSPS) is 11.2. The molecule has 3 rings (SSSR count). The van der Waals surface area contributed by atoms with Crippen LogP contribution in [0.4, 0.5) is 10.1 Å². The van der Waals surface area contributed by atoms with Crippen molar-refractivity contribution in [3.8, 4) is 11.4 Å². The van der Waals surface area contributed by atoms with Crippen LogP contribution in [0.15, 0.2) is 53.5 Å². The van der Waals surface area contributed by atoms with Gasteiger partial charge in [-0.15, -0.1) is 0 Å². The Balaban J connectivity index is 1.92. The fourth-order valence-electron chi connectivity index (χ4n) is 2.79. The predicted octanol–water partition coefficient (Wildman–Crippen LogP) is 5.65. The highest BCUT2D eigenvalue weighted by atomic mass is 35.5. The van der Waals surface area contributed by atoms with Gasteiger partial charge >= 0.3 is 0 Å². The van der Waals surface area contributed by atoms with Crippen LogP contribution in [0.2, 0.25) is 5.02 Å². The number of methoxy groups -OCH3 is 1. The van der Waals surface area contributed by atoms with Gasteiger partial charge in [-0.3, -0.25) is 4.99 Å². The lowest BCUT2D eigenvalue weighted by molar-refractivity contribution is 0.415. The summed E-state index contributed by atoms with van der Waals surface area (Å²) in [6.07, 6.45) is 1.81. The minimum atomic E-state index is -0.246. The molecule has 0 amide bonds. The van der Waals surface area contributed by atoms with Crippen LogP contribution in [0.3, 0.4) is 0 Å². The summed E-state index contributed by atoms with van der Waals surface area (Å²) >= 11 is 6.13. The zero-order valence-electron chi connectivity index (χ0n) is 14.3. The number of aromatic nitrogens is 1. The third-order valence-corrected chi connectivity index (χ3v) is 4.34. The molecule has 0 aliphatic carbocycles. The van der Waals surface area contributed by atoms with E-state index in [1.165, 1.54) is 12.1 Å². The summed E-state index contributed by atoms with van der Waals surface area (Å²) in [4.78, 5) is 4.50. The van der Waals surface area contributed by atoms with Crippen molar-refractivity contribution in [3.63, 3.8) is 0 Å². The molecule has 0 spiro atoms. The predicted molar refractivity (Wildman–Crippen MR) is 100 cm³/mol. The number of hydrogen-bond donors (Lipinski definition) is 0. The van der Waals surface area contributed by atoms with Crippen LogP contribution >= 0.6 is 11.6 Å². The summed E-state index contributed by atoms with van der Waals surface area (Å²) in [7, 11) is 1.58. The van der Waals surface area contributed by atoms with Gasteiger partial charge in [0, 0.05) is 28.9 Å². The van der Waals surface area contributed by atoms with Gasteiger partial charge in [-0.25, -0.2) is 4.39 Å². The number of benzene rings is 2. The Morgan fingerprint density at radius 2 is 1.80 bits per heavy atom. The Bertz CT molecular complexity index is 930. The van der Waals surface area contributed by atoms with Gasteiger partial charge < -0.3 is 9.30 Å². The molecule has 3 nitrogen and oxygen atoms in total. The zero-order valence-corrected chi connectivity index (χ0v) is 15.0. The van der Waals surface area contributed by atoms with Crippen molar-refractivity contribution in [2.75, 3.05) is 7.11 Å². The molecule has 0 fully saturated rings. The molecule has 0 aliphatic rings. The van der Waals surface area contributed by atoms with Crippen LogP contribution in [0.25, 0.3) is 5.69 Å². The first-order valence-corrected chi connectivity index (χ1v) is 8.20. The van der Waals surface area contributed by atoms with Gasteiger partial charge in [0.25, 0.3) is 0 Å². The van der Waals surface area contributed by atoms with Crippen LogP contribution < -0.4 is 4.74 Å². The van der Waals surface area contributed by atoms with E-state index in [9.17, 15) is 4.39 Å². The van der Waals surface area contributed by atoms with Crippen molar-refractivity contribution in [1.82, 2.24) is 4.57 Å². The molecule has 0 bridgehead atoms. The Labute approximate surface area is 151 Å². The second kappa shape index (κ2) is 7.11. The highest BCUT2D eigenvalue weighted by molar-refractivity contribution is 6.32. The lowest BCUT2D eigenvalue weighted by atomic mass is 10.2. The monoisotopic (exact) mass is 356 g/mol. The second-order valence-corrected chi connectivity index (χ2v) is 6.12. The Hall–Kier alpha value is -2.59. The first-order valence-electron chi connectivity index (χ1n) is 7.82. The summed E-state index contributed by atoms with van der Waals surface area (Å²) in [6, 6.07) is 13.9. The van der Waals surface area contributed by atoms with E-state index in [4.69, 9.17) is 16.3 Å². The van der Waals surface area contributed by atoms with Gasteiger partial charge in [-0.05, 0) is 62.4 Å². The third kappa shape index (κ3) is 3.59. The van der Waals surface area contributed by atoms with Crippen molar-refractivity contribution in [3.05, 3.63) is 76.3 Å². The Kier molecular flexibility index (Phi) is 4.91. The highest BCUT2D eigenvalue weighted by Gasteiger charge is 2.09. The molecule has 0 N–H and O–H groups in total. The van der Waals surface area contributed by atoms with Crippen molar-refractivity contribution >= 4 is 23.5 Å². The van der Waals surface area contributed by atoms with Gasteiger partial charge in [0.05, 0.1) is 17.8 Å². The van der Waals surface area contributed by atoms with Crippen LogP contribution in [-0.4, -0.2) is 17.9 Å². The minimum absolute atomic E-state index is 0.246. The molecule has 0 unspecified atom stereocenters. The zero-order chi connectivity index (χ0) is 18.0. The average Bonchev–Trinajstić information content (AvgIpc) is 2.88. The molecule has 128 valence electrons. The van der Waals surface area contributed by atoms with E-state index >= 15 is 0 Å². The maximum atomic E-state index is 13.2. The summed E-state index contributed by atoms with van der Waals surface area (Å²) in [6.45, 7) is 4.02. The molecule has 0 aliphatic heterocycles. The average molecular weight is 357 g/mol. The smallest absolute Gasteiger partial charge is 0.137 e. The van der Waals surface area contributed by atoms with Gasteiger partial charge in [0.15, 0.2) is 0 Å². The first kappa shape index (κ1) is 17.2. The fourth-order valence-corrected chi connectivity index (χ4v) is 3.04. The molecule has 3 aromatic rings. The topological polar surface area (TPSA) is 26.5 Å². The van der Waals surface area contributed by atoms with Crippen molar-refractivity contribution < 1.29 is 9.13 Å². The van der Waals surface area contributed by atoms with Crippen LogP contribution in [-0.2, 0) is 0 Å². The maximum Gasteiger partial charge on any atom is 0.137 e. The molecule has 0 atom stereocenters. The lowest BCUT2D eigenvalue weighted by Crippen LogP contribution is -1.99. The van der Waals surface area contributed by atoms with E-state index in [2.05, 4.69) is 9.56 Å². The quantitative estimate of drug-likeness (QED) is 0.555. The maximum absolute atomic E-state index is 13.2. The Morgan fingerprint density at radius 1 is 1.08 bits per heavy atom. The van der Waals surface area contributed by atoms with E-state index < -0.39 is 0 Å². The summed E-state index contributed by atoms with van der Waals surface area (Å²) < 4.78 is 20.4. The third-order valence-electron chi connectivity index (χ3n) is 4.04. The SMILES string of the molecule is COc1ccc(N=Cc2cc(C)n(-c3ccc(F)cc3)c2C)cc1Cl. The van der Waals surface area contributed by atoms with Crippen LogP contribution in [0, 0.1) is 19.7 Å². The number of aryl methyl sites for hydroxylation is 1. The van der Waals surface area contributed by atoms with Crippen molar-refractivity contribution in [2.45, 2.75) is 13.8 Å². The number of halogens is 2. The molecule has 1 aromatic heterocycles. The largest absolute Gasteiger partial charge is 0.495 e. The van der Waals surface area contributed by atoms with E-state index in [0.29, 0.717) is 10.8 Å². The van der Waals surface area contributed by atoms with Gasteiger partial charge in [-0.2, -0.15) is 0 Å². The summed E-state index contributed by atoms with van der Waals surface area (Å²) in [5.41, 5.74) is 4.75. The van der Waals surface area contributed by atoms with Crippen molar-refractivity contribution in [2.24, 2.45) is 4.99 Å². The van der Waals surface area contributed by atoms with E-state index in [0.717, 1.165) is 28.3 Å². The molecular weight excluding hydrogens is 339 g/mol. The lowest BCUT2D eigenvalue weighted by Gasteiger charge is -2.09. The van der Waals surface area contributed by atoms with E-state index in [1.54, 1.807) is 37.6 Å². The fraction of sp³-hybridized carbons (Fsp3) is 0.150. The molecule has 2 aromatic carbocycles. The Morgan fingerprint density at radius 3 is 2.44 bits per heavy atom. The number of nitrogens with zero attached hydrogens (tertiary/aromatic N) is 2. The van der Waals surface area contributed by atoms with Crippen LogP contribution in [0.1, 0.15) is 17.0 Å². The molecule has 0 radical (unpaired) electrons. The molecule has 0 saturated carbocycles. The number of hydrogen-bond acceptors (Lipinski definition) is 2. The highest BCUT2D eigenvalue weighted by Crippen LogP contribution is 2.29. The van der Waals surface area contributed by atoms with E-state index in [1.807, 2.05) is 26.0 Å². The minimum Gasteiger partial charge on any atom is -0.495 e. The second-order valence-electron chi connectivity index (χ2n) is 5.72. The molecule has 1 heterocycles. The molecule has 25 heavy (non-hydrogen) atoms. The molecule has 0 saturated heterocycles. The van der Waals surface area contributed by atoms with Gasteiger partial charge in [0.1, 0.15) is 11.6 Å². The van der Waals surface area contributed by atoms with Crippen LogP contribution in [0.5, 0.6) is 5.75 Å².